The molecule has 0 aliphatic heterocycles. The Labute approximate surface area is 96.5 Å². The highest BCUT2D eigenvalue weighted by molar-refractivity contribution is 6.29. The molecule has 0 atom stereocenters. The summed E-state index contributed by atoms with van der Waals surface area (Å²) in [7, 11) is 0. The second kappa shape index (κ2) is 3.57. The van der Waals surface area contributed by atoms with E-state index < -0.39 is 0 Å². The Morgan fingerprint density at radius 3 is 2.69 bits per heavy atom. The van der Waals surface area contributed by atoms with E-state index in [-0.39, 0.29) is 0 Å². The number of aromatic nitrogens is 4. The smallest absolute Gasteiger partial charge is 0.154 e. The van der Waals surface area contributed by atoms with Gasteiger partial charge in [0.1, 0.15) is 5.15 Å². The van der Waals surface area contributed by atoms with Crippen molar-refractivity contribution in [1.29, 1.82) is 0 Å². The van der Waals surface area contributed by atoms with Crippen LogP contribution < -0.4 is 0 Å². The maximum atomic E-state index is 5.80. The molecule has 0 aliphatic carbocycles. The summed E-state index contributed by atoms with van der Waals surface area (Å²) in [6.07, 6.45) is 5.32. The van der Waals surface area contributed by atoms with Gasteiger partial charge in [0.25, 0.3) is 0 Å². The van der Waals surface area contributed by atoms with E-state index in [2.05, 4.69) is 15.1 Å². The van der Waals surface area contributed by atoms with Gasteiger partial charge < -0.3 is 0 Å². The quantitative estimate of drug-likeness (QED) is 0.645. The normalized spacial score (nSPS) is 10.8. The van der Waals surface area contributed by atoms with Crippen molar-refractivity contribution in [2.24, 2.45) is 0 Å². The summed E-state index contributed by atoms with van der Waals surface area (Å²) in [5.74, 6) is 0. The third-order valence-corrected chi connectivity index (χ3v) is 2.47. The van der Waals surface area contributed by atoms with E-state index in [0.717, 1.165) is 16.9 Å². The van der Waals surface area contributed by atoms with E-state index in [1.165, 1.54) is 0 Å². The van der Waals surface area contributed by atoms with Gasteiger partial charge in [0.15, 0.2) is 5.65 Å². The average Bonchev–Trinajstić information content (AvgIpc) is 2.73. The lowest BCUT2D eigenvalue weighted by Crippen LogP contribution is -1.88. The predicted molar refractivity (Wildman–Crippen MR) is 61.2 cm³/mol. The molecular formula is C11H7ClN4. The summed E-state index contributed by atoms with van der Waals surface area (Å²) in [6.45, 7) is 0. The Kier molecular flexibility index (Phi) is 2.08. The predicted octanol–water partition coefficient (Wildman–Crippen LogP) is 2.44. The van der Waals surface area contributed by atoms with Gasteiger partial charge in [-0.15, -0.1) is 0 Å². The lowest BCUT2D eigenvalue weighted by Gasteiger charge is -1.91. The molecule has 78 valence electrons. The lowest BCUT2D eigenvalue weighted by molar-refractivity contribution is 0.937. The topological polar surface area (TPSA) is 43.1 Å². The monoisotopic (exact) mass is 230 g/mol. The van der Waals surface area contributed by atoms with Crippen molar-refractivity contribution in [3.05, 3.63) is 48.0 Å². The van der Waals surface area contributed by atoms with Gasteiger partial charge in [-0.2, -0.15) is 5.10 Å². The highest BCUT2D eigenvalue weighted by Crippen LogP contribution is 2.18. The summed E-state index contributed by atoms with van der Waals surface area (Å²) in [5.41, 5.74) is 2.64. The van der Waals surface area contributed by atoms with Gasteiger partial charge in [0, 0.05) is 18.0 Å². The van der Waals surface area contributed by atoms with E-state index in [9.17, 15) is 0 Å². The fraction of sp³-hybridized carbons (Fsp3) is 0. The van der Waals surface area contributed by atoms with Crippen molar-refractivity contribution in [1.82, 2.24) is 19.6 Å². The second-order valence-electron chi connectivity index (χ2n) is 3.32. The van der Waals surface area contributed by atoms with E-state index >= 15 is 0 Å². The molecule has 0 unspecified atom stereocenters. The van der Waals surface area contributed by atoms with Crippen molar-refractivity contribution in [3.8, 4) is 11.3 Å². The molecule has 0 radical (unpaired) electrons. The summed E-state index contributed by atoms with van der Waals surface area (Å²) in [6, 6.07) is 7.37. The zero-order chi connectivity index (χ0) is 11.0. The molecule has 0 aromatic carbocycles. The molecule has 3 heterocycles. The molecule has 4 nitrogen and oxygen atoms in total. The van der Waals surface area contributed by atoms with Crippen LogP contribution >= 0.6 is 11.6 Å². The van der Waals surface area contributed by atoms with Crippen LogP contribution in [0, 0.1) is 0 Å². The minimum atomic E-state index is 0.450. The Hall–Kier alpha value is -1.94. The third kappa shape index (κ3) is 1.53. The van der Waals surface area contributed by atoms with E-state index in [0.29, 0.717) is 5.15 Å². The Morgan fingerprint density at radius 2 is 1.88 bits per heavy atom. The minimum absolute atomic E-state index is 0.450. The number of hydrogen-bond donors (Lipinski definition) is 0. The number of pyridine rings is 1. The van der Waals surface area contributed by atoms with Gasteiger partial charge in [-0.05, 0) is 24.3 Å². The van der Waals surface area contributed by atoms with Crippen LogP contribution in [0.1, 0.15) is 0 Å². The summed E-state index contributed by atoms with van der Waals surface area (Å²) in [5, 5.41) is 4.58. The molecule has 16 heavy (non-hydrogen) atoms. The highest BCUT2D eigenvalue weighted by Gasteiger charge is 2.04. The first-order valence-corrected chi connectivity index (χ1v) is 5.13. The largest absolute Gasteiger partial charge is 0.265 e. The first kappa shape index (κ1) is 9.30. The Balaban J connectivity index is 2.19. The van der Waals surface area contributed by atoms with Crippen LogP contribution in [0.3, 0.4) is 0 Å². The molecule has 0 spiro atoms. The van der Waals surface area contributed by atoms with Crippen molar-refractivity contribution >= 4 is 17.2 Å². The number of imidazole rings is 1. The fourth-order valence-corrected chi connectivity index (χ4v) is 1.66. The molecule has 0 amide bonds. The van der Waals surface area contributed by atoms with Crippen LogP contribution in [-0.2, 0) is 0 Å². The van der Waals surface area contributed by atoms with Crippen molar-refractivity contribution in [2.75, 3.05) is 0 Å². The molecule has 0 N–H and O–H groups in total. The Morgan fingerprint density at radius 1 is 1.06 bits per heavy atom. The van der Waals surface area contributed by atoms with Crippen molar-refractivity contribution in [2.45, 2.75) is 0 Å². The molecule has 5 heteroatoms. The zero-order valence-electron chi connectivity index (χ0n) is 8.21. The van der Waals surface area contributed by atoms with Crippen LogP contribution in [0.25, 0.3) is 16.9 Å². The molecule has 0 bridgehead atoms. The lowest BCUT2D eigenvalue weighted by atomic mass is 10.2. The van der Waals surface area contributed by atoms with Gasteiger partial charge in [-0.25, -0.2) is 9.50 Å². The summed E-state index contributed by atoms with van der Waals surface area (Å²) >= 11 is 5.80. The molecule has 3 aromatic heterocycles. The molecule has 0 aliphatic rings. The van der Waals surface area contributed by atoms with Gasteiger partial charge in [-0.1, -0.05) is 11.6 Å². The van der Waals surface area contributed by atoms with Gasteiger partial charge in [0.2, 0.25) is 0 Å². The zero-order valence-corrected chi connectivity index (χ0v) is 8.96. The van der Waals surface area contributed by atoms with Crippen LogP contribution in [0.4, 0.5) is 0 Å². The van der Waals surface area contributed by atoms with Gasteiger partial charge in [0.05, 0.1) is 11.9 Å². The minimum Gasteiger partial charge on any atom is -0.265 e. The highest BCUT2D eigenvalue weighted by atomic mass is 35.5. The number of rotatable bonds is 1. The third-order valence-electron chi connectivity index (χ3n) is 2.26. The summed E-state index contributed by atoms with van der Waals surface area (Å²) in [4.78, 5) is 8.41. The number of hydrogen-bond acceptors (Lipinski definition) is 3. The molecule has 3 rings (SSSR count). The second-order valence-corrected chi connectivity index (χ2v) is 3.71. The molecule has 3 aromatic rings. The fourth-order valence-electron chi connectivity index (χ4n) is 1.52. The summed E-state index contributed by atoms with van der Waals surface area (Å²) < 4.78 is 1.66. The van der Waals surface area contributed by atoms with Crippen LogP contribution in [-0.4, -0.2) is 19.6 Å². The first-order valence-electron chi connectivity index (χ1n) is 4.75. The van der Waals surface area contributed by atoms with Gasteiger partial charge >= 0.3 is 0 Å². The Bertz CT molecular complexity index is 633. The molecule has 0 saturated heterocycles. The van der Waals surface area contributed by atoms with E-state index in [1.807, 2.05) is 24.4 Å². The number of nitrogens with zero attached hydrogens (tertiary/aromatic N) is 4. The van der Waals surface area contributed by atoms with Crippen LogP contribution in [0.2, 0.25) is 5.15 Å². The molecular weight excluding hydrogens is 224 g/mol. The van der Waals surface area contributed by atoms with E-state index in [1.54, 1.807) is 23.0 Å². The molecule has 0 saturated carbocycles. The maximum absolute atomic E-state index is 5.80. The van der Waals surface area contributed by atoms with Crippen molar-refractivity contribution < 1.29 is 0 Å². The first-order chi connectivity index (χ1) is 7.83. The van der Waals surface area contributed by atoms with Crippen LogP contribution in [0.5, 0.6) is 0 Å². The van der Waals surface area contributed by atoms with E-state index in [4.69, 9.17) is 11.6 Å². The SMILES string of the molecule is Clc1ccc2nc(-c3ccncc3)cn2n1. The number of halogens is 1. The van der Waals surface area contributed by atoms with Crippen LogP contribution in [0.15, 0.2) is 42.9 Å². The van der Waals surface area contributed by atoms with Gasteiger partial charge in [-0.3, -0.25) is 4.98 Å². The number of fused-ring (bicyclic) bond motifs is 1. The molecule has 0 fully saturated rings. The maximum Gasteiger partial charge on any atom is 0.154 e. The van der Waals surface area contributed by atoms with Crippen molar-refractivity contribution in [3.63, 3.8) is 0 Å². The average molecular weight is 231 g/mol. The standard InChI is InChI=1S/C11H7ClN4/c12-10-1-2-11-14-9(7-16(11)15-10)8-3-5-13-6-4-8/h1-7H.